The van der Waals surface area contributed by atoms with Crippen LogP contribution in [0.5, 0.6) is 0 Å². The lowest BCUT2D eigenvalue weighted by atomic mass is 10.1. The minimum atomic E-state index is 0.780. The summed E-state index contributed by atoms with van der Waals surface area (Å²) in [7, 11) is 0. The van der Waals surface area contributed by atoms with E-state index in [0.717, 1.165) is 22.5 Å². The monoisotopic (exact) mass is 248 g/mol. The van der Waals surface area contributed by atoms with Crippen LogP contribution in [-0.4, -0.2) is 5.21 Å². The Morgan fingerprint density at radius 1 is 0.526 bits per heavy atom. The first-order valence-corrected chi connectivity index (χ1v) is 6.21. The molecule has 0 bridgehead atoms. The van der Waals surface area contributed by atoms with Gasteiger partial charge in [-0.1, -0.05) is 36.4 Å². The van der Waals surface area contributed by atoms with E-state index in [-0.39, 0.29) is 0 Å². The first kappa shape index (κ1) is 11.5. The number of pyridine rings is 1. The third kappa shape index (κ3) is 2.20. The van der Waals surface area contributed by atoms with Crippen molar-refractivity contribution in [2.45, 2.75) is 0 Å². The fourth-order valence-corrected chi connectivity index (χ4v) is 2.16. The van der Waals surface area contributed by atoms with Crippen LogP contribution < -0.4 is 4.73 Å². The van der Waals surface area contributed by atoms with Gasteiger partial charge in [-0.3, -0.25) is 5.21 Å². The zero-order valence-electron chi connectivity index (χ0n) is 10.4. The molecule has 0 spiro atoms. The third-order valence-corrected chi connectivity index (χ3v) is 3.10. The van der Waals surface area contributed by atoms with Crippen LogP contribution in [0.25, 0.3) is 22.5 Å². The molecule has 1 N–H and O–H groups in total. The summed E-state index contributed by atoms with van der Waals surface area (Å²) in [6.07, 6.45) is 0. The highest BCUT2D eigenvalue weighted by molar-refractivity contribution is 5.60. The molecule has 1 aromatic heterocycles. The lowest BCUT2D eigenvalue weighted by Gasteiger charge is -2.01. The lowest BCUT2D eigenvalue weighted by Crippen LogP contribution is -2.35. The predicted molar refractivity (Wildman–Crippen MR) is 74.7 cm³/mol. The van der Waals surface area contributed by atoms with Crippen LogP contribution in [0.1, 0.15) is 0 Å². The van der Waals surface area contributed by atoms with Crippen molar-refractivity contribution in [3.05, 3.63) is 78.9 Å². The second kappa shape index (κ2) is 4.94. The predicted octanol–water partition coefficient (Wildman–Crippen LogP) is 3.55. The Labute approximate surface area is 112 Å². The maximum atomic E-state index is 10.4. The van der Waals surface area contributed by atoms with Crippen LogP contribution in [0.15, 0.2) is 78.9 Å². The first-order chi connectivity index (χ1) is 9.36. The van der Waals surface area contributed by atoms with Crippen LogP contribution in [0.4, 0.5) is 0 Å². The summed E-state index contributed by atoms with van der Waals surface area (Å²) in [5.74, 6) is 0. The van der Waals surface area contributed by atoms with E-state index >= 15 is 0 Å². The molecule has 3 rings (SSSR count). The van der Waals surface area contributed by atoms with Crippen LogP contribution in [-0.2, 0) is 0 Å². The van der Waals surface area contributed by atoms with Crippen molar-refractivity contribution in [3.63, 3.8) is 0 Å². The molecule has 92 valence electrons. The SMILES string of the molecule is O[n+]1c(-c2ccccc2)cccc1-c1ccccc1. The normalized spacial score (nSPS) is 10.3. The highest BCUT2D eigenvalue weighted by atomic mass is 16.5. The van der Waals surface area contributed by atoms with Crippen molar-refractivity contribution in [2.24, 2.45) is 0 Å². The average molecular weight is 248 g/mol. The molecule has 2 nitrogen and oxygen atoms in total. The quantitative estimate of drug-likeness (QED) is 0.544. The molecular formula is C17H14NO+. The third-order valence-electron chi connectivity index (χ3n) is 3.10. The van der Waals surface area contributed by atoms with Gasteiger partial charge in [0.25, 0.3) is 11.4 Å². The van der Waals surface area contributed by atoms with E-state index in [1.54, 1.807) is 0 Å². The van der Waals surface area contributed by atoms with E-state index in [2.05, 4.69) is 0 Å². The average Bonchev–Trinajstić information content (AvgIpc) is 2.49. The molecule has 0 unspecified atom stereocenters. The van der Waals surface area contributed by atoms with E-state index in [0.29, 0.717) is 0 Å². The van der Waals surface area contributed by atoms with Crippen molar-refractivity contribution in [1.82, 2.24) is 0 Å². The topological polar surface area (TPSA) is 24.1 Å². The molecule has 0 radical (unpaired) electrons. The lowest BCUT2D eigenvalue weighted by molar-refractivity contribution is -0.887. The van der Waals surface area contributed by atoms with Gasteiger partial charge in [-0.2, -0.15) is 0 Å². The summed E-state index contributed by atoms with van der Waals surface area (Å²) >= 11 is 0. The largest absolute Gasteiger partial charge is 0.284 e. The van der Waals surface area contributed by atoms with Crippen LogP contribution in [0, 0.1) is 0 Å². The summed E-state index contributed by atoms with van der Waals surface area (Å²) in [5.41, 5.74) is 3.54. The second-order valence-corrected chi connectivity index (χ2v) is 4.34. The fraction of sp³-hybridized carbons (Fsp3) is 0. The van der Waals surface area contributed by atoms with Gasteiger partial charge in [-0.05, 0) is 30.3 Å². The van der Waals surface area contributed by atoms with Gasteiger partial charge in [0.2, 0.25) is 0 Å². The Hall–Kier alpha value is -2.61. The van der Waals surface area contributed by atoms with E-state index in [1.165, 1.54) is 4.73 Å². The fourth-order valence-electron chi connectivity index (χ4n) is 2.16. The van der Waals surface area contributed by atoms with Crippen molar-refractivity contribution in [3.8, 4) is 22.5 Å². The Kier molecular flexibility index (Phi) is 2.99. The summed E-state index contributed by atoms with van der Waals surface area (Å²) in [6.45, 7) is 0. The number of benzene rings is 2. The molecule has 0 atom stereocenters. The van der Waals surface area contributed by atoms with E-state index in [9.17, 15) is 5.21 Å². The van der Waals surface area contributed by atoms with Crippen molar-refractivity contribution in [2.75, 3.05) is 0 Å². The van der Waals surface area contributed by atoms with Gasteiger partial charge in [-0.15, -0.1) is 0 Å². The Bertz CT molecular complexity index is 620. The molecule has 0 saturated heterocycles. The molecule has 1 heterocycles. The molecule has 3 aromatic rings. The van der Waals surface area contributed by atoms with Gasteiger partial charge in [0, 0.05) is 16.9 Å². The van der Waals surface area contributed by atoms with Gasteiger partial charge >= 0.3 is 0 Å². The molecule has 19 heavy (non-hydrogen) atoms. The molecule has 0 aliphatic heterocycles. The van der Waals surface area contributed by atoms with Gasteiger partial charge in [0.1, 0.15) is 0 Å². The number of nitrogens with zero attached hydrogens (tertiary/aromatic N) is 1. The van der Waals surface area contributed by atoms with Crippen molar-refractivity contribution >= 4 is 0 Å². The molecule has 2 aromatic carbocycles. The summed E-state index contributed by atoms with van der Waals surface area (Å²) < 4.78 is 1.24. The van der Waals surface area contributed by atoms with E-state index in [1.807, 2.05) is 78.9 Å². The highest BCUT2D eigenvalue weighted by Crippen LogP contribution is 2.19. The molecule has 0 aliphatic rings. The Morgan fingerprint density at radius 3 is 1.37 bits per heavy atom. The van der Waals surface area contributed by atoms with Gasteiger partial charge < -0.3 is 0 Å². The van der Waals surface area contributed by atoms with Crippen LogP contribution in [0.2, 0.25) is 0 Å². The van der Waals surface area contributed by atoms with Gasteiger partial charge in [0.15, 0.2) is 0 Å². The maximum Gasteiger partial charge on any atom is 0.265 e. The van der Waals surface area contributed by atoms with Gasteiger partial charge in [-0.25, -0.2) is 0 Å². The zero-order chi connectivity index (χ0) is 13.1. The minimum Gasteiger partial charge on any atom is -0.284 e. The summed E-state index contributed by atoms with van der Waals surface area (Å²) in [5, 5.41) is 10.4. The highest BCUT2D eigenvalue weighted by Gasteiger charge is 2.18. The summed E-state index contributed by atoms with van der Waals surface area (Å²) in [6, 6.07) is 25.5. The minimum absolute atomic E-state index is 0.780. The maximum absolute atomic E-state index is 10.4. The van der Waals surface area contributed by atoms with E-state index in [4.69, 9.17) is 0 Å². The number of hydrogen-bond acceptors (Lipinski definition) is 1. The summed E-state index contributed by atoms with van der Waals surface area (Å²) in [4.78, 5) is 0. The van der Waals surface area contributed by atoms with Crippen molar-refractivity contribution in [1.29, 1.82) is 0 Å². The second-order valence-electron chi connectivity index (χ2n) is 4.34. The molecule has 0 aliphatic carbocycles. The molecular weight excluding hydrogens is 234 g/mol. The Morgan fingerprint density at radius 2 is 0.947 bits per heavy atom. The molecule has 0 saturated carbocycles. The van der Waals surface area contributed by atoms with Gasteiger partial charge in [0.05, 0.1) is 11.1 Å². The Balaban J connectivity index is 2.15. The number of rotatable bonds is 2. The molecule has 0 fully saturated rings. The number of aromatic nitrogens is 1. The van der Waals surface area contributed by atoms with Crippen LogP contribution >= 0.6 is 0 Å². The number of hydrogen-bond donors (Lipinski definition) is 1. The zero-order valence-corrected chi connectivity index (χ0v) is 10.4. The standard InChI is InChI=1S/C17H14NO/c19-18-16(14-8-3-1-4-9-14)12-7-13-17(18)15-10-5-2-6-11-15/h1-13,19H/q+1. The molecule has 2 heteroatoms. The first-order valence-electron chi connectivity index (χ1n) is 6.21. The van der Waals surface area contributed by atoms with Crippen molar-refractivity contribution < 1.29 is 9.94 Å². The smallest absolute Gasteiger partial charge is 0.265 e. The molecule has 0 amide bonds. The van der Waals surface area contributed by atoms with Crippen LogP contribution in [0.3, 0.4) is 0 Å². The van der Waals surface area contributed by atoms with E-state index < -0.39 is 0 Å².